The molecular weight excluding hydrogens is 387 g/mol. The minimum Gasteiger partial charge on any atom is -0.445 e. The van der Waals surface area contributed by atoms with Crippen LogP contribution in [0.3, 0.4) is 0 Å². The van der Waals surface area contributed by atoms with Gasteiger partial charge in [0, 0.05) is 5.75 Å². The number of nitrogens with one attached hydrogen (secondary N) is 1. The molecule has 1 N–H and O–H groups in total. The third-order valence-corrected chi connectivity index (χ3v) is 6.02. The molecule has 9 heteroatoms. The number of rotatable bonds is 4. The molecule has 120 valence electrons. The molecule has 0 saturated carbocycles. The second-order valence-electron chi connectivity index (χ2n) is 4.24. The zero-order chi connectivity index (χ0) is 16.0. The number of thioether (sulfide) groups is 2. The summed E-state index contributed by atoms with van der Waals surface area (Å²) in [7, 11) is 0. The van der Waals surface area contributed by atoms with Gasteiger partial charge in [-0.1, -0.05) is 88.7 Å². The Labute approximate surface area is 152 Å². The molecule has 1 atom stereocenters. The normalized spacial score (nSPS) is 16.0. The number of hydrogen-bond donors (Lipinski definition) is 1. The predicted octanol–water partition coefficient (Wildman–Crippen LogP) is 4.45. The number of carbonyl (C=O) groups excluding carboxylic acids is 1. The lowest BCUT2D eigenvalue weighted by molar-refractivity contribution is 0.139. The van der Waals surface area contributed by atoms with E-state index in [0.29, 0.717) is 0 Å². The number of benzene rings is 1. The second-order valence-corrected chi connectivity index (χ2v) is 9.05. The summed E-state index contributed by atoms with van der Waals surface area (Å²) in [6.45, 7) is 0.887. The van der Waals surface area contributed by atoms with Gasteiger partial charge in [0.25, 0.3) is 0 Å². The van der Waals surface area contributed by atoms with Crippen molar-refractivity contribution in [2.75, 3.05) is 12.3 Å². The molecule has 0 radical (unpaired) electrons. The summed E-state index contributed by atoms with van der Waals surface area (Å²) in [6.07, 6.45) is -0.642. The molecule has 1 aliphatic heterocycles. The van der Waals surface area contributed by atoms with Gasteiger partial charge in [0.05, 0.1) is 6.54 Å². The van der Waals surface area contributed by atoms with Crippen LogP contribution in [-0.4, -0.2) is 31.9 Å². The molecule has 1 aromatic rings. The first-order chi connectivity index (χ1) is 10.4. The molecular formula is C13H13Cl3N2O2S2. The molecule has 22 heavy (non-hydrogen) atoms. The lowest BCUT2D eigenvalue weighted by atomic mass is 10.2. The van der Waals surface area contributed by atoms with Gasteiger partial charge in [0.15, 0.2) is 0 Å². The van der Waals surface area contributed by atoms with Gasteiger partial charge in [-0.3, -0.25) is 4.99 Å². The number of hydrogen-bond acceptors (Lipinski definition) is 5. The van der Waals surface area contributed by atoms with Gasteiger partial charge in [-0.2, -0.15) is 0 Å². The lowest BCUT2D eigenvalue weighted by Gasteiger charge is -2.24. The summed E-state index contributed by atoms with van der Waals surface area (Å²) in [6, 6.07) is 9.34. The Morgan fingerprint density at radius 3 is 2.73 bits per heavy atom. The molecule has 0 fully saturated rings. The molecule has 2 rings (SSSR count). The summed E-state index contributed by atoms with van der Waals surface area (Å²) < 4.78 is 4.26. The minimum absolute atomic E-state index is 0.152. The van der Waals surface area contributed by atoms with Crippen LogP contribution in [0.1, 0.15) is 5.56 Å². The third kappa shape index (κ3) is 6.08. The van der Waals surface area contributed by atoms with Gasteiger partial charge in [-0.25, -0.2) is 4.79 Å². The van der Waals surface area contributed by atoms with Gasteiger partial charge >= 0.3 is 6.09 Å². The molecule has 0 unspecified atom stereocenters. The number of ether oxygens (including phenoxy) is 1. The van der Waals surface area contributed by atoms with E-state index in [1.807, 2.05) is 30.3 Å². The van der Waals surface area contributed by atoms with Crippen molar-refractivity contribution in [3.8, 4) is 0 Å². The minimum atomic E-state index is -1.66. The van der Waals surface area contributed by atoms with Crippen molar-refractivity contribution < 1.29 is 9.53 Å². The smallest absolute Gasteiger partial charge is 0.408 e. The highest BCUT2D eigenvalue weighted by molar-refractivity contribution is 8.39. The van der Waals surface area contributed by atoms with Gasteiger partial charge < -0.3 is 10.1 Å². The van der Waals surface area contributed by atoms with E-state index in [1.165, 1.54) is 11.8 Å². The summed E-state index contributed by atoms with van der Waals surface area (Å²) in [5, 5.41) is 1.79. The van der Waals surface area contributed by atoms with Crippen molar-refractivity contribution in [1.29, 1.82) is 0 Å². The highest BCUT2D eigenvalue weighted by Gasteiger charge is 2.36. The van der Waals surface area contributed by atoms with Crippen molar-refractivity contribution in [3.63, 3.8) is 0 Å². The number of nitrogens with zero attached hydrogens (tertiary/aromatic N) is 1. The highest BCUT2D eigenvalue weighted by Crippen LogP contribution is 2.39. The van der Waals surface area contributed by atoms with Crippen LogP contribution in [0.15, 0.2) is 35.3 Å². The molecule has 1 aliphatic rings. The van der Waals surface area contributed by atoms with E-state index in [2.05, 4.69) is 10.3 Å². The van der Waals surface area contributed by atoms with Gasteiger partial charge in [-0.05, 0) is 5.56 Å². The summed E-state index contributed by atoms with van der Waals surface area (Å²) in [5.41, 5.74) is 0.881. The number of carbonyl (C=O) groups is 1. The summed E-state index contributed by atoms with van der Waals surface area (Å²) in [5.74, 6) is 0.896. The monoisotopic (exact) mass is 398 g/mol. The van der Waals surface area contributed by atoms with Crippen LogP contribution in [0.2, 0.25) is 0 Å². The zero-order valence-corrected chi connectivity index (χ0v) is 15.2. The van der Waals surface area contributed by atoms with Crippen molar-refractivity contribution in [2.24, 2.45) is 4.99 Å². The first-order valence-electron chi connectivity index (χ1n) is 6.33. The van der Waals surface area contributed by atoms with Crippen LogP contribution in [0, 0.1) is 0 Å². The fraction of sp³-hybridized carbons (Fsp3) is 0.385. The van der Waals surface area contributed by atoms with Crippen LogP contribution in [0.5, 0.6) is 0 Å². The van der Waals surface area contributed by atoms with Crippen molar-refractivity contribution >= 4 is 68.8 Å². The average molecular weight is 400 g/mol. The first kappa shape index (κ1) is 18.1. The Hall–Kier alpha value is -0.270. The third-order valence-electron chi connectivity index (χ3n) is 2.54. The van der Waals surface area contributed by atoms with Crippen LogP contribution in [-0.2, 0) is 11.3 Å². The molecule has 0 aliphatic carbocycles. The van der Waals surface area contributed by atoms with Crippen LogP contribution < -0.4 is 5.32 Å². The molecule has 0 bridgehead atoms. The summed E-state index contributed by atoms with van der Waals surface area (Å²) >= 11 is 20.5. The second kappa shape index (κ2) is 8.55. The fourth-order valence-electron chi connectivity index (χ4n) is 1.54. The number of alkyl halides is 3. The molecule has 1 amide bonds. The number of amides is 1. The van der Waals surface area contributed by atoms with E-state index >= 15 is 0 Å². The maximum atomic E-state index is 11.9. The van der Waals surface area contributed by atoms with E-state index in [0.717, 1.165) is 22.2 Å². The molecule has 1 aromatic carbocycles. The Kier molecular flexibility index (Phi) is 7.02. The number of halogens is 3. The molecule has 0 saturated heterocycles. The van der Waals surface area contributed by atoms with Crippen LogP contribution >= 0.6 is 58.3 Å². The van der Waals surface area contributed by atoms with Gasteiger partial charge in [-0.15, -0.1) is 0 Å². The van der Waals surface area contributed by atoms with Gasteiger partial charge in [0.2, 0.25) is 3.79 Å². The van der Waals surface area contributed by atoms with Crippen molar-refractivity contribution in [1.82, 2.24) is 5.32 Å². The maximum Gasteiger partial charge on any atom is 0.408 e. The number of alkyl carbamates (subject to hydrolysis) is 1. The van der Waals surface area contributed by atoms with E-state index < -0.39 is 15.3 Å². The quantitative estimate of drug-likeness (QED) is 0.600. The Bertz CT molecular complexity index is 538. The molecule has 0 spiro atoms. The summed E-state index contributed by atoms with van der Waals surface area (Å²) in [4.78, 5) is 16.1. The molecule has 1 heterocycles. The Balaban J connectivity index is 1.87. The largest absolute Gasteiger partial charge is 0.445 e. The zero-order valence-electron chi connectivity index (χ0n) is 11.3. The average Bonchev–Trinajstić information content (AvgIpc) is 2.98. The fourth-order valence-corrected chi connectivity index (χ4v) is 4.11. The standard InChI is InChI=1S/C13H13Cl3N2O2S2/c14-13(15,16)10(22-12-17-6-7-21-12)18-11(19)20-8-9-4-2-1-3-5-9/h1-5,10H,6-8H2,(H,18,19)/t10-/m1/s1. The highest BCUT2D eigenvalue weighted by atomic mass is 35.6. The van der Waals surface area contributed by atoms with Crippen molar-refractivity contribution in [3.05, 3.63) is 35.9 Å². The number of aliphatic imine (C=N–C) groups is 1. The van der Waals surface area contributed by atoms with E-state index in [9.17, 15) is 4.79 Å². The maximum absolute atomic E-state index is 11.9. The Morgan fingerprint density at radius 1 is 1.41 bits per heavy atom. The van der Waals surface area contributed by atoms with Gasteiger partial charge in [0.1, 0.15) is 16.4 Å². The van der Waals surface area contributed by atoms with Crippen LogP contribution in [0.25, 0.3) is 0 Å². The van der Waals surface area contributed by atoms with Crippen LogP contribution in [0.4, 0.5) is 4.79 Å². The van der Waals surface area contributed by atoms with Crippen molar-refractivity contribution in [2.45, 2.75) is 15.8 Å². The molecule has 4 nitrogen and oxygen atoms in total. The topological polar surface area (TPSA) is 50.7 Å². The van der Waals surface area contributed by atoms with E-state index in [4.69, 9.17) is 39.5 Å². The molecule has 0 aromatic heterocycles. The first-order valence-corrected chi connectivity index (χ1v) is 9.33. The lowest BCUT2D eigenvalue weighted by Crippen LogP contribution is -2.42. The predicted molar refractivity (Wildman–Crippen MR) is 96.2 cm³/mol. The Morgan fingerprint density at radius 2 is 2.14 bits per heavy atom. The van der Waals surface area contributed by atoms with E-state index in [-0.39, 0.29) is 6.61 Å². The van der Waals surface area contributed by atoms with E-state index in [1.54, 1.807) is 11.8 Å². The SMILES string of the molecule is O=C(N[C@H](SC1=NCCS1)C(Cl)(Cl)Cl)OCc1ccccc1.